The molecular weight excluding hydrogens is 492 g/mol. The summed E-state index contributed by atoms with van der Waals surface area (Å²) in [5.41, 5.74) is -1.28. The number of hydrogen-bond acceptors (Lipinski definition) is 9. The van der Waals surface area contributed by atoms with Crippen LogP contribution in [0.15, 0.2) is 0 Å². The van der Waals surface area contributed by atoms with Gasteiger partial charge in [-0.3, -0.25) is 19.2 Å². The molecule has 9 nitrogen and oxygen atoms in total. The minimum Gasteiger partial charge on any atom is -0.469 e. The van der Waals surface area contributed by atoms with Crippen LogP contribution in [0.4, 0.5) is 0 Å². The maximum Gasteiger partial charge on any atom is 0.309 e. The normalized spacial score (nSPS) is 41.1. The minimum absolute atomic E-state index is 0.0171. The van der Waals surface area contributed by atoms with Crippen molar-refractivity contribution in [1.29, 1.82) is 0 Å². The Hall–Kier alpha value is -2.16. The molecule has 214 valence electrons. The van der Waals surface area contributed by atoms with Gasteiger partial charge in [0, 0.05) is 37.5 Å². The Balaban J connectivity index is 1.92. The van der Waals surface area contributed by atoms with Gasteiger partial charge in [-0.15, -0.1) is 0 Å². The van der Waals surface area contributed by atoms with E-state index < -0.39 is 53.8 Å². The van der Waals surface area contributed by atoms with Gasteiger partial charge in [0.15, 0.2) is 0 Å². The van der Waals surface area contributed by atoms with Gasteiger partial charge >= 0.3 is 23.9 Å². The molecule has 1 heterocycles. The van der Waals surface area contributed by atoms with Crippen LogP contribution < -0.4 is 0 Å². The second-order valence-corrected chi connectivity index (χ2v) is 12.8. The molecule has 9 heteroatoms. The molecule has 1 saturated heterocycles. The van der Waals surface area contributed by atoms with E-state index >= 15 is 0 Å². The fourth-order valence-electron chi connectivity index (χ4n) is 9.24. The number of carbonyl (C=O) groups is 4. The molecule has 1 aliphatic heterocycles. The highest BCUT2D eigenvalue weighted by molar-refractivity contribution is 5.74. The van der Waals surface area contributed by atoms with Crippen LogP contribution in [0, 0.1) is 39.9 Å². The van der Waals surface area contributed by atoms with Crippen molar-refractivity contribution >= 4 is 23.9 Å². The lowest BCUT2D eigenvalue weighted by Gasteiger charge is -2.67. The van der Waals surface area contributed by atoms with Crippen molar-refractivity contribution in [2.75, 3.05) is 7.11 Å². The van der Waals surface area contributed by atoms with Gasteiger partial charge in [-0.1, -0.05) is 34.1 Å². The second kappa shape index (κ2) is 10.4. The molecule has 0 unspecified atom stereocenters. The lowest BCUT2D eigenvalue weighted by molar-refractivity contribution is -0.269. The largest absolute Gasteiger partial charge is 0.469 e. The highest BCUT2D eigenvalue weighted by atomic mass is 16.8. The molecular formula is C29H44O9. The van der Waals surface area contributed by atoms with E-state index in [0.717, 1.165) is 19.3 Å². The Labute approximate surface area is 225 Å². The van der Waals surface area contributed by atoms with Crippen LogP contribution in [-0.4, -0.2) is 49.7 Å². The van der Waals surface area contributed by atoms with Crippen LogP contribution in [-0.2, 0) is 42.9 Å². The average molecular weight is 537 g/mol. The van der Waals surface area contributed by atoms with Crippen LogP contribution in [0.25, 0.3) is 0 Å². The van der Waals surface area contributed by atoms with Crippen molar-refractivity contribution in [3.05, 3.63) is 0 Å². The smallest absolute Gasteiger partial charge is 0.309 e. The standard InChI is InChI=1S/C29H44O9/c1-8-10-21(32)37-19-15-29-20(28(6)14-9-13-27(4,5)23(19)28)12-11-18(24(33)34-7)22(29)25(35-16(2)30)38-26(29)36-17(3)31/h18-20,22-23,25-26H,8-15H2,1-7H3/t18-,19+,20-,22+,23+,25-,26-,28-,29+/m1/s1. The maximum absolute atomic E-state index is 13.1. The summed E-state index contributed by atoms with van der Waals surface area (Å²) in [6.45, 7) is 11.3. The zero-order valence-electron chi connectivity index (χ0n) is 23.9. The SMILES string of the molecule is CCCC(=O)O[C@H]1C[C@@]23[C@H](OC(C)=O)O[C@@H](OC(C)=O)[C@@H]2[C@H](C(=O)OC)CC[C@@H]3[C@@]2(C)CCCC(C)(C)[C@H]12. The monoisotopic (exact) mass is 536 g/mol. The van der Waals surface area contributed by atoms with E-state index in [4.69, 9.17) is 23.7 Å². The summed E-state index contributed by atoms with van der Waals surface area (Å²) in [7, 11) is 1.35. The summed E-state index contributed by atoms with van der Waals surface area (Å²) in [4.78, 5) is 50.6. The molecule has 0 radical (unpaired) electrons. The lowest BCUT2D eigenvalue weighted by Crippen LogP contribution is -2.67. The number of hydrogen-bond donors (Lipinski definition) is 0. The third-order valence-corrected chi connectivity index (χ3v) is 10.1. The Morgan fingerprint density at radius 3 is 2.24 bits per heavy atom. The first-order valence-electron chi connectivity index (χ1n) is 14.1. The molecule has 38 heavy (non-hydrogen) atoms. The Kier molecular flexibility index (Phi) is 7.92. The quantitative estimate of drug-likeness (QED) is 0.356. The number of methoxy groups -OCH3 is 1. The molecule has 4 rings (SSSR count). The molecule has 0 aromatic rings. The van der Waals surface area contributed by atoms with Crippen molar-refractivity contribution in [1.82, 2.24) is 0 Å². The predicted octanol–water partition coefficient (Wildman–Crippen LogP) is 4.55. The molecule has 0 N–H and O–H groups in total. The van der Waals surface area contributed by atoms with E-state index in [0.29, 0.717) is 32.1 Å². The summed E-state index contributed by atoms with van der Waals surface area (Å²) >= 11 is 0. The van der Waals surface area contributed by atoms with Gasteiger partial charge in [0.1, 0.15) is 6.10 Å². The third-order valence-electron chi connectivity index (χ3n) is 10.1. The molecule has 0 bridgehead atoms. The topological polar surface area (TPSA) is 114 Å². The van der Waals surface area contributed by atoms with Crippen LogP contribution in [0.2, 0.25) is 0 Å². The van der Waals surface area contributed by atoms with E-state index in [1.807, 2.05) is 6.92 Å². The highest BCUT2D eigenvalue weighted by Gasteiger charge is 2.76. The van der Waals surface area contributed by atoms with Gasteiger partial charge in [0.05, 0.1) is 13.0 Å². The van der Waals surface area contributed by atoms with E-state index in [-0.39, 0.29) is 28.6 Å². The summed E-state index contributed by atoms with van der Waals surface area (Å²) in [6, 6.07) is 0. The average Bonchev–Trinajstić information content (AvgIpc) is 3.08. The first-order chi connectivity index (χ1) is 17.8. The number of rotatable bonds is 6. The van der Waals surface area contributed by atoms with Crippen LogP contribution in [0.3, 0.4) is 0 Å². The fourth-order valence-corrected chi connectivity index (χ4v) is 9.24. The molecule has 4 fully saturated rings. The molecule has 0 amide bonds. The van der Waals surface area contributed by atoms with Crippen LogP contribution in [0.5, 0.6) is 0 Å². The second-order valence-electron chi connectivity index (χ2n) is 12.8. The molecule has 9 atom stereocenters. The third kappa shape index (κ3) is 4.62. The van der Waals surface area contributed by atoms with E-state index in [1.54, 1.807) is 0 Å². The van der Waals surface area contributed by atoms with Crippen LogP contribution in [0.1, 0.15) is 92.9 Å². The van der Waals surface area contributed by atoms with Gasteiger partial charge in [0.25, 0.3) is 0 Å². The van der Waals surface area contributed by atoms with Crippen molar-refractivity contribution in [3.8, 4) is 0 Å². The Morgan fingerprint density at radius 2 is 1.63 bits per heavy atom. The summed E-state index contributed by atoms with van der Waals surface area (Å²) in [5, 5.41) is 0. The lowest BCUT2D eigenvalue weighted by atomic mass is 9.37. The Bertz CT molecular complexity index is 960. The number of esters is 4. The number of carbonyl (C=O) groups excluding carboxylic acids is 4. The summed E-state index contributed by atoms with van der Waals surface area (Å²) in [5.74, 6) is -2.93. The van der Waals surface area contributed by atoms with Crippen LogP contribution >= 0.6 is 0 Å². The summed E-state index contributed by atoms with van der Waals surface area (Å²) in [6.07, 6.45) is 2.90. The molecule has 0 aromatic carbocycles. The summed E-state index contributed by atoms with van der Waals surface area (Å²) < 4.78 is 29.3. The zero-order chi connectivity index (χ0) is 28.0. The van der Waals surface area contributed by atoms with Crippen molar-refractivity contribution in [3.63, 3.8) is 0 Å². The Morgan fingerprint density at radius 1 is 0.947 bits per heavy atom. The first kappa shape index (κ1) is 28.8. The minimum atomic E-state index is -1.09. The fraction of sp³-hybridized carbons (Fsp3) is 0.862. The molecule has 4 aliphatic rings. The van der Waals surface area contributed by atoms with Crippen molar-refractivity contribution in [2.24, 2.45) is 39.9 Å². The van der Waals surface area contributed by atoms with E-state index in [9.17, 15) is 19.2 Å². The first-order valence-corrected chi connectivity index (χ1v) is 14.1. The van der Waals surface area contributed by atoms with Crippen molar-refractivity contribution in [2.45, 2.75) is 112 Å². The van der Waals surface area contributed by atoms with Gasteiger partial charge in [-0.25, -0.2) is 0 Å². The van der Waals surface area contributed by atoms with Crippen molar-refractivity contribution < 1.29 is 42.9 Å². The zero-order valence-corrected chi connectivity index (χ0v) is 23.9. The van der Waals surface area contributed by atoms with Gasteiger partial charge < -0.3 is 23.7 Å². The van der Waals surface area contributed by atoms with Gasteiger partial charge in [-0.05, 0) is 55.3 Å². The van der Waals surface area contributed by atoms with Gasteiger partial charge in [-0.2, -0.15) is 0 Å². The molecule has 3 saturated carbocycles. The maximum atomic E-state index is 13.1. The number of fused-ring (bicyclic) bond motifs is 2. The van der Waals surface area contributed by atoms with E-state index in [1.165, 1.54) is 21.0 Å². The van der Waals surface area contributed by atoms with Gasteiger partial charge in [0.2, 0.25) is 12.6 Å². The molecule has 1 spiro atoms. The predicted molar refractivity (Wildman–Crippen MR) is 135 cm³/mol. The molecule has 0 aromatic heterocycles. The highest BCUT2D eigenvalue weighted by Crippen LogP contribution is 2.73. The number of ether oxygens (including phenoxy) is 5. The van der Waals surface area contributed by atoms with E-state index in [2.05, 4.69) is 20.8 Å². The molecule has 3 aliphatic carbocycles.